The Labute approximate surface area is 95.9 Å². The minimum atomic E-state index is -0.722. The highest BCUT2D eigenvalue weighted by molar-refractivity contribution is 6.00. The molecule has 0 aromatic rings. The topological polar surface area (TPSA) is 159 Å². The van der Waals surface area contributed by atoms with Crippen LogP contribution in [0, 0.1) is 20.2 Å². The van der Waals surface area contributed by atoms with Gasteiger partial charge in [-0.25, -0.2) is 0 Å². The molecule has 0 aliphatic heterocycles. The highest BCUT2D eigenvalue weighted by Crippen LogP contribution is 2.53. The Morgan fingerprint density at radius 2 is 1.35 bits per heavy atom. The van der Waals surface area contributed by atoms with E-state index in [0.717, 1.165) is 0 Å². The molecule has 0 radical (unpaired) electrons. The van der Waals surface area contributed by atoms with E-state index in [1.165, 1.54) is 12.1 Å². The van der Waals surface area contributed by atoms with Crippen LogP contribution in [0.3, 0.4) is 0 Å². The molecule has 9 nitrogen and oxygen atoms in total. The molecule has 0 aromatic carbocycles. The van der Waals surface area contributed by atoms with Gasteiger partial charge in [0.25, 0.3) is 0 Å². The van der Waals surface area contributed by atoms with E-state index in [1.807, 2.05) is 0 Å². The summed E-state index contributed by atoms with van der Waals surface area (Å²) in [6.07, 6.45) is 0. The van der Waals surface area contributed by atoms with Crippen molar-refractivity contribution in [3.8, 4) is 11.1 Å². The molecule has 94 valence electrons. The van der Waals surface area contributed by atoms with Crippen molar-refractivity contribution in [2.24, 2.45) is 11.7 Å². The van der Waals surface area contributed by atoms with Gasteiger partial charge in [0.1, 0.15) is 0 Å². The second-order valence-electron chi connectivity index (χ2n) is 2.69. The van der Waals surface area contributed by atoms with Crippen LogP contribution in [-0.2, 0) is 0 Å². The molecule has 0 fully saturated rings. The number of hydrogen-bond donors (Lipinski definition) is 3. The fraction of sp³-hybridized carbons (Fsp3) is 0.250. The Kier molecular flexibility index (Phi) is 5.68. The summed E-state index contributed by atoms with van der Waals surface area (Å²) in [5.41, 5.74) is 0.0633. The largest absolute Gasteiger partial charge is 0.397 e. The van der Waals surface area contributed by atoms with Gasteiger partial charge in [-0.05, 0) is 19.1 Å². The maximum absolute atomic E-state index is 10.3. The van der Waals surface area contributed by atoms with Crippen molar-refractivity contribution in [3.05, 3.63) is 32.4 Å². The van der Waals surface area contributed by atoms with Gasteiger partial charge in [0.2, 0.25) is 0 Å². The molecule has 0 spiro atoms. The first-order valence-electron chi connectivity index (χ1n) is 4.44. The van der Waals surface area contributed by atoms with Crippen molar-refractivity contribution in [1.29, 1.82) is 0 Å². The van der Waals surface area contributed by atoms with E-state index in [-0.39, 0.29) is 18.0 Å². The summed E-state index contributed by atoms with van der Waals surface area (Å²) >= 11 is 0. The minimum absolute atomic E-state index is 0.250. The lowest BCUT2D eigenvalue weighted by atomic mass is 9.88. The first-order valence-corrected chi connectivity index (χ1v) is 4.44. The number of nitro benzene ring substituents is 2. The van der Waals surface area contributed by atoms with Crippen LogP contribution in [0.2, 0.25) is 0 Å². The summed E-state index contributed by atoms with van der Waals surface area (Å²) in [7, 11) is 0. The summed E-state index contributed by atoms with van der Waals surface area (Å²) in [6.45, 7) is 1.93. The van der Waals surface area contributed by atoms with Gasteiger partial charge in [-0.15, -0.1) is 0 Å². The third-order valence-electron chi connectivity index (χ3n) is 1.81. The average Bonchev–Trinajstić information content (AvgIpc) is 2.24. The molecule has 0 heterocycles. The zero-order chi connectivity index (χ0) is 13.6. The van der Waals surface area contributed by atoms with E-state index in [1.54, 1.807) is 6.92 Å². The van der Waals surface area contributed by atoms with Crippen LogP contribution in [0.4, 0.5) is 11.4 Å². The van der Waals surface area contributed by atoms with Gasteiger partial charge in [0.05, 0.1) is 21.0 Å². The van der Waals surface area contributed by atoms with Gasteiger partial charge >= 0.3 is 11.4 Å². The number of rotatable bonds is 2. The SMILES string of the molecule is CCO.NN.O=[N+]([O-])c1c2ccc-2c1[N+](=O)[O-]. The fourth-order valence-corrected chi connectivity index (χ4v) is 1.23. The Bertz CT molecular complexity index is 395. The molecule has 9 heteroatoms. The van der Waals surface area contributed by atoms with E-state index >= 15 is 0 Å². The molecule has 0 saturated carbocycles. The van der Waals surface area contributed by atoms with Crippen LogP contribution in [-0.4, -0.2) is 21.6 Å². The van der Waals surface area contributed by atoms with Gasteiger partial charge in [-0.3, -0.25) is 31.9 Å². The van der Waals surface area contributed by atoms with Crippen molar-refractivity contribution in [2.45, 2.75) is 6.92 Å². The predicted octanol–water partition coefficient (Wildman–Crippen LogP) is 0.301. The second-order valence-corrected chi connectivity index (χ2v) is 2.69. The van der Waals surface area contributed by atoms with Crippen LogP contribution in [0.1, 0.15) is 6.92 Å². The number of nitro groups is 2. The number of benzene rings is 1. The summed E-state index contributed by atoms with van der Waals surface area (Å²) in [5.74, 6) is 8.00. The summed E-state index contributed by atoms with van der Waals surface area (Å²) in [6, 6.07) is 3.00. The summed E-state index contributed by atoms with van der Waals surface area (Å²) < 4.78 is 0. The lowest BCUT2D eigenvalue weighted by molar-refractivity contribution is -0.424. The van der Waals surface area contributed by atoms with Crippen LogP contribution >= 0.6 is 0 Å². The number of hydrazine groups is 1. The van der Waals surface area contributed by atoms with Crippen molar-refractivity contribution >= 4 is 11.4 Å². The molecule has 0 saturated heterocycles. The third-order valence-corrected chi connectivity index (χ3v) is 1.81. The molecule has 2 aliphatic carbocycles. The zero-order valence-electron chi connectivity index (χ0n) is 8.99. The fourth-order valence-electron chi connectivity index (χ4n) is 1.23. The van der Waals surface area contributed by atoms with Crippen LogP contribution in [0.15, 0.2) is 12.1 Å². The van der Waals surface area contributed by atoms with Gasteiger partial charge in [0.15, 0.2) is 0 Å². The van der Waals surface area contributed by atoms with Crippen LogP contribution in [0.25, 0.3) is 11.1 Å². The molecule has 2 rings (SSSR count). The standard InChI is InChI=1S/C6H2N2O4.C2H6O.H4N2/c9-7(10)5-3-1-2-4(3)6(5)8(11)12;1-2-3;1-2/h1-2H;3H,2H2,1H3;1-2H2. The second kappa shape index (κ2) is 6.48. The molecule has 0 atom stereocenters. The van der Waals surface area contributed by atoms with Gasteiger partial charge in [-0.2, -0.15) is 0 Å². The molecule has 5 N–H and O–H groups in total. The monoisotopic (exact) mass is 244 g/mol. The highest BCUT2D eigenvalue weighted by Gasteiger charge is 2.43. The Morgan fingerprint density at radius 3 is 1.47 bits per heavy atom. The quantitative estimate of drug-likeness (QED) is 0.389. The number of nitrogens with zero attached hydrogens (tertiary/aromatic N) is 2. The number of fused-ring (bicyclic) bond motifs is 1. The maximum atomic E-state index is 10.3. The Morgan fingerprint density at radius 1 is 1.12 bits per heavy atom. The molecule has 0 unspecified atom stereocenters. The zero-order valence-corrected chi connectivity index (χ0v) is 8.99. The van der Waals surface area contributed by atoms with Crippen LogP contribution < -0.4 is 11.7 Å². The number of aliphatic hydroxyl groups is 1. The molecule has 0 aromatic heterocycles. The third kappa shape index (κ3) is 2.72. The summed E-state index contributed by atoms with van der Waals surface area (Å²) in [5, 5.41) is 28.1. The lowest BCUT2D eigenvalue weighted by Gasteiger charge is -2.14. The van der Waals surface area contributed by atoms with Crippen molar-refractivity contribution < 1.29 is 15.0 Å². The summed E-state index contributed by atoms with van der Waals surface area (Å²) in [4.78, 5) is 19.1. The highest BCUT2D eigenvalue weighted by atomic mass is 16.6. The maximum Gasteiger partial charge on any atom is 0.354 e. The molecular formula is C8H12N4O5. The number of aliphatic hydroxyl groups excluding tert-OH is 1. The first kappa shape index (κ1) is 14.9. The van der Waals surface area contributed by atoms with E-state index < -0.39 is 9.85 Å². The Hall–Kier alpha value is -2.10. The van der Waals surface area contributed by atoms with E-state index in [4.69, 9.17) is 5.11 Å². The normalized spacial score (nSPS) is 9.18. The lowest BCUT2D eigenvalue weighted by Crippen LogP contribution is -2.08. The predicted molar refractivity (Wildman–Crippen MR) is 59.9 cm³/mol. The van der Waals surface area contributed by atoms with Crippen molar-refractivity contribution in [2.75, 3.05) is 6.61 Å². The number of nitrogens with two attached hydrogens (primary N) is 2. The number of hydrogen-bond acceptors (Lipinski definition) is 7. The molecule has 0 amide bonds. The van der Waals surface area contributed by atoms with Crippen LogP contribution in [0.5, 0.6) is 0 Å². The van der Waals surface area contributed by atoms with E-state index in [2.05, 4.69) is 11.7 Å². The molecule has 0 bridgehead atoms. The average molecular weight is 244 g/mol. The Balaban J connectivity index is 0.000000450. The van der Waals surface area contributed by atoms with E-state index in [0.29, 0.717) is 11.1 Å². The molecular weight excluding hydrogens is 232 g/mol. The van der Waals surface area contributed by atoms with Crippen molar-refractivity contribution in [3.63, 3.8) is 0 Å². The van der Waals surface area contributed by atoms with Gasteiger partial charge < -0.3 is 5.11 Å². The molecule has 2 aliphatic rings. The smallest absolute Gasteiger partial charge is 0.354 e. The van der Waals surface area contributed by atoms with Crippen molar-refractivity contribution in [1.82, 2.24) is 0 Å². The van der Waals surface area contributed by atoms with E-state index in [9.17, 15) is 20.2 Å². The minimum Gasteiger partial charge on any atom is -0.397 e. The van der Waals surface area contributed by atoms with Gasteiger partial charge in [-0.1, -0.05) is 0 Å². The first-order chi connectivity index (χ1) is 8.04. The van der Waals surface area contributed by atoms with Gasteiger partial charge in [0, 0.05) is 6.61 Å². The molecule has 17 heavy (non-hydrogen) atoms.